The average molecular weight is 435 g/mol. The smallest absolute Gasteiger partial charge is 0.279 e. The molecule has 4 rings (SSSR count). The molecule has 134 valence electrons. The number of fused-ring (bicyclic) bond motifs is 1. The lowest BCUT2D eigenvalue weighted by molar-refractivity contribution is 0.102. The first-order valence-electron chi connectivity index (χ1n) is 7.93. The van der Waals surface area contributed by atoms with Gasteiger partial charge in [-0.25, -0.2) is 4.98 Å². The number of aromatic nitrogens is 3. The molecule has 0 saturated carbocycles. The van der Waals surface area contributed by atoms with Crippen LogP contribution in [-0.2, 0) is 0 Å². The molecule has 1 aliphatic rings. The number of carbonyl (C=O) groups excluding carboxylic acids is 1. The molecular weight excluding hydrogens is 420 g/mol. The molecule has 0 bridgehead atoms. The van der Waals surface area contributed by atoms with Crippen LogP contribution in [0.5, 0.6) is 11.5 Å². The summed E-state index contributed by atoms with van der Waals surface area (Å²) in [5.74, 6) is 1.34. The molecule has 2 N–H and O–H groups in total. The number of ether oxygens (including phenoxy) is 2. The normalized spacial score (nSPS) is 12.6. The zero-order valence-corrected chi connectivity index (χ0v) is 16.4. The standard InChI is InChI=1S/C17H15BrN4O3S/c1-8(2)14-13(18)15(22-21-14)16(23)20-17-19-10(6-26-17)9-3-4-11-12(5-9)25-7-24-11/h3-6,8H,7H2,1-2H3,(H,21,22)(H,19,20,23). The Morgan fingerprint density at radius 3 is 2.92 bits per heavy atom. The third kappa shape index (κ3) is 3.08. The Kier molecular flexibility index (Phi) is 4.41. The predicted molar refractivity (Wildman–Crippen MR) is 102 cm³/mol. The van der Waals surface area contributed by atoms with Crippen LogP contribution in [0.1, 0.15) is 35.9 Å². The van der Waals surface area contributed by atoms with Crippen molar-refractivity contribution in [2.45, 2.75) is 19.8 Å². The van der Waals surface area contributed by atoms with Crippen molar-refractivity contribution < 1.29 is 14.3 Å². The monoisotopic (exact) mass is 434 g/mol. The first-order valence-corrected chi connectivity index (χ1v) is 9.61. The van der Waals surface area contributed by atoms with E-state index >= 15 is 0 Å². The number of anilines is 1. The largest absolute Gasteiger partial charge is 0.454 e. The summed E-state index contributed by atoms with van der Waals surface area (Å²) in [5.41, 5.74) is 2.85. The van der Waals surface area contributed by atoms with Crippen molar-refractivity contribution in [3.63, 3.8) is 0 Å². The van der Waals surface area contributed by atoms with E-state index in [-0.39, 0.29) is 18.6 Å². The molecule has 0 atom stereocenters. The Morgan fingerprint density at radius 1 is 1.35 bits per heavy atom. The Balaban J connectivity index is 1.53. The van der Waals surface area contributed by atoms with Crippen LogP contribution < -0.4 is 14.8 Å². The van der Waals surface area contributed by atoms with Crippen LogP contribution in [0.3, 0.4) is 0 Å². The summed E-state index contributed by atoms with van der Waals surface area (Å²) in [6.45, 7) is 4.28. The fourth-order valence-electron chi connectivity index (χ4n) is 2.55. The van der Waals surface area contributed by atoms with Gasteiger partial charge in [-0.05, 0) is 40.0 Å². The molecular formula is C17H15BrN4O3S. The summed E-state index contributed by atoms with van der Waals surface area (Å²) in [7, 11) is 0. The van der Waals surface area contributed by atoms with E-state index in [0.717, 1.165) is 22.7 Å². The third-order valence-corrected chi connectivity index (χ3v) is 5.48. The zero-order chi connectivity index (χ0) is 18.3. The van der Waals surface area contributed by atoms with E-state index in [4.69, 9.17) is 9.47 Å². The maximum atomic E-state index is 12.5. The maximum absolute atomic E-state index is 12.5. The van der Waals surface area contributed by atoms with Crippen molar-refractivity contribution in [2.24, 2.45) is 0 Å². The van der Waals surface area contributed by atoms with E-state index in [2.05, 4.69) is 36.4 Å². The summed E-state index contributed by atoms with van der Waals surface area (Å²) in [6, 6.07) is 5.64. The molecule has 2 aromatic heterocycles. The SMILES string of the molecule is CC(C)c1[nH]nc(C(=O)Nc2nc(-c3ccc4c(c3)OCO4)cs2)c1Br. The van der Waals surface area contributed by atoms with E-state index in [1.54, 1.807) is 0 Å². The second-order valence-corrected chi connectivity index (χ2v) is 7.67. The predicted octanol–water partition coefficient (Wildman–Crippen LogP) is 4.40. The number of aromatic amines is 1. The highest BCUT2D eigenvalue weighted by Crippen LogP contribution is 2.36. The van der Waals surface area contributed by atoms with Crippen LogP contribution in [-0.4, -0.2) is 27.9 Å². The molecule has 3 aromatic rings. The van der Waals surface area contributed by atoms with Gasteiger partial charge in [-0.15, -0.1) is 11.3 Å². The zero-order valence-electron chi connectivity index (χ0n) is 14.0. The quantitative estimate of drug-likeness (QED) is 0.634. The van der Waals surface area contributed by atoms with E-state index < -0.39 is 0 Å². The van der Waals surface area contributed by atoms with Crippen molar-refractivity contribution in [2.75, 3.05) is 12.1 Å². The first-order chi connectivity index (χ1) is 12.5. The van der Waals surface area contributed by atoms with Gasteiger partial charge in [0, 0.05) is 10.9 Å². The van der Waals surface area contributed by atoms with Crippen LogP contribution >= 0.6 is 27.3 Å². The van der Waals surface area contributed by atoms with E-state index in [1.807, 2.05) is 37.4 Å². The van der Waals surface area contributed by atoms with E-state index in [0.29, 0.717) is 21.0 Å². The molecule has 0 radical (unpaired) electrons. The van der Waals surface area contributed by atoms with Crippen molar-refractivity contribution in [1.82, 2.24) is 15.2 Å². The first kappa shape index (κ1) is 17.0. The highest BCUT2D eigenvalue weighted by molar-refractivity contribution is 9.10. The topological polar surface area (TPSA) is 89.1 Å². The summed E-state index contributed by atoms with van der Waals surface area (Å²) in [4.78, 5) is 17.0. The van der Waals surface area contributed by atoms with Crippen molar-refractivity contribution in [3.8, 4) is 22.8 Å². The van der Waals surface area contributed by atoms with Crippen LogP contribution in [0, 0.1) is 0 Å². The van der Waals surface area contributed by atoms with Gasteiger partial charge in [0.2, 0.25) is 6.79 Å². The maximum Gasteiger partial charge on any atom is 0.279 e. The number of carbonyl (C=O) groups is 1. The average Bonchev–Trinajstić information content (AvgIpc) is 3.32. The molecule has 0 saturated heterocycles. The fraction of sp³-hybridized carbons (Fsp3) is 0.235. The van der Waals surface area contributed by atoms with E-state index in [1.165, 1.54) is 11.3 Å². The summed E-state index contributed by atoms with van der Waals surface area (Å²) in [5, 5.41) is 12.2. The van der Waals surface area contributed by atoms with Gasteiger partial charge in [0.15, 0.2) is 22.3 Å². The number of rotatable bonds is 4. The molecule has 7 nitrogen and oxygen atoms in total. The Hall–Kier alpha value is -2.39. The molecule has 1 aromatic carbocycles. The van der Waals surface area contributed by atoms with Crippen molar-refractivity contribution >= 4 is 38.3 Å². The minimum absolute atomic E-state index is 0.230. The molecule has 26 heavy (non-hydrogen) atoms. The molecule has 9 heteroatoms. The third-order valence-electron chi connectivity index (χ3n) is 3.92. The fourth-order valence-corrected chi connectivity index (χ4v) is 4.08. The number of hydrogen-bond acceptors (Lipinski definition) is 6. The number of H-pyrrole nitrogens is 1. The molecule has 0 fully saturated rings. The number of halogens is 1. The van der Waals surface area contributed by atoms with Gasteiger partial charge in [0.1, 0.15) is 0 Å². The van der Waals surface area contributed by atoms with Gasteiger partial charge in [-0.1, -0.05) is 13.8 Å². The second-order valence-electron chi connectivity index (χ2n) is 6.01. The van der Waals surface area contributed by atoms with Crippen LogP contribution in [0.25, 0.3) is 11.3 Å². The van der Waals surface area contributed by atoms with Crippen LogP contribution in [0.4, 0.5) is 5.13 Å². The highest BCUT2D eigenvalue weighted by Gasteiger charge is 2.21. The van der Waals surface area contributed by atoms with E-state index in [9.17, 15) is 4.79 Å². The summed E-state index contributed by atoms with van der Waals surface area (Å²) >= 11 is 4.79. The number of amides is 1. The van der Waals surface area contributed by atoms with Gasteiger partial charge < -0.3 is 9.47 Å². The van der Waals surface area contributed by atoms with Gasteiger partial charge in [-0.3, -0.25) is 15.2 Å². The van der Waals surface area contributed by atoms with Gasteiger partial charge in [0.05, 0.1) is 15.9 Å². The summed E-state index contributed by atoms with van der Waals surface area (Å²) < 4.78 is 11.4. The van der Waals surface area contributed by atoms with Gasteiger partial charge >= 0.3 is 0 Å². The minimum atomic E-state index is -0.313. The summed E-state index contributed by atoms with van der Waals surface area (Å²) in [6.07, 6.45) is 0. The number of hydrogen-bond donors (Lipinski definition) is 2. The van der Waals surface area contributed by atoms with Crippen LogP contribution in [0.2, 0.25) is 0 Å². The molecule has 0 spiro atoms. The van der Waals surface area contributed by atoms with Crippen molar-refractivity contribution in [1.29, 1.82) is 0 Å². The Morgan fingerprint density at radius 2 is 2.15 bits per heavy atom. The van der Waals surface area contributed by atoms with Crippen LogP contribution in [0.15, 0.2) is 28.1 Å². The number of nitrogens with one attached hydrogen (secondary N) is 2. The number of benzene rings is 1. The molecule has 3 heterocycles. The molecule has 0 unspecified atom stereocenters. The highest BCUT2D eigenvalue weighted by atomic mass is 79.9. The minimum Gasteiger partial charge on any atom is -0.454 e. The lowest BCUT2D eigenvalue weighted by Gasteiger charge is -2.02. The lowest BCUT2D eigenvalue weighted by Crippen LogP contribution is -2.12. The Labute approximate surface area is 161 Å². The second kappa shape index (κ2) is 6.73. The van der Waals surface area contributed by atoms with Gasteiger partial charge in [-0.2, -0.15) is 5.10 Å². The number of nitrogens with zero attached hydrogens (tertiary/aromatic N) is 2. The van der Waals surface area contributed by atoms with Gasteiger partial charge in [0.25, 0.3) is 5.91 Å². The number of thiazole rings is 1. The molecule has 1 aliphatic heterocycles. The van der Waals surface area contributed by atoms with Crippen molar-refractivity contribution in [3.05, 3.63) is 39.4 Å². The lowest BCUT2D eigenvalue weighted by atomic mass is 10.1. The molecule has 1 amide bonds. The molecule has 0 aliphatic carbocycles. The Bertz CT molecular complexity index is 982.